The van der Waals surface area contributed by atoms with Gasteiger partial charge in [0, 0.05) is 3.57 Å². The molecule has 0 spiro atoms. The number of carbonyl (C=O) groups excluding carboxylic acids is 1. The second-order valence-corrected chi connectivity index (χ2v) is 10.9. The summed E-state index contributed by atoms with van der Waals surface area (Å²) >= 11 is 3.60. The fourth-order valence-corrected chi connectivity index (χ4v) is 5.75. The van der Waals surface area contributed by atoms with Crippen LogP contribution in [0.5, 0.6) is 5.75 Å². The number of ether oxygens (including phenoxy) is 2. The molecule has 38 heavy (non-hydrogen) atoms. The minimum atomic E-state index is -0.603. The van der Waals surface area contributed by atoms with E-state index >= 15 is 0 Å². The van der Waals surface area contributed by atoms with Crippen molar-refractivity contribution in [3.63, 3.8) is 0 Å². The first kappa shape index (κ1) is 26.1. The van der Waals surface area contributed by atoms with Crippen LogP contribution in [0.25, 0.3) is 6.08 Å². The van der Waals surface area contributed by atoms with Gasteiger partial charge in [0.2, 0.25) is 0 Å². The van der Waals surface area contributed by atoms with Gasteiger partial charge in [-0.1, -0.05) is 72.9 Å². The average Bonchev–Trinajstić information content (AvgIpc) is 3.26. The Morgan fingerprint density at radius 2 is 1.76 bits per heavy atom. The van der Waals surface area contributed by atoms with Gasteiger partial charge in [0.25, 0.3) is 5.56 Å². The highest BCUT2D eigenvalue weighted by molar-refractivity contribution is 14.1. The van der Waals surface area contributed by atoms with Crippen molar-refractivity contribution in [3.05, 3.63) is 130 Å². The predicted octanol–water partition coefficient (Wildman–Crippen LogP) is 4.98. The molecule has 0 amide bonds. The van der Waals surface area contributed by atoms with E-state index in [4.69, 9.17) is 14.5 Å². The molecule has 0 saturated heterocycles. The van der Waals surface area contributed by atoms with E-state index in [1.807, 2.05) is 79.7 Å². The van der Waals surface area contributed by atoms with Gasteiger partial charge in [-0.15, -0.1) is 0 Å². The van der Waals surface area contributed by atoms with Crippen LogP contribution in [0.2, 0.25) is 0 Å². The van der Waals surface area contributed by atoms with Gasteiger partial charge in [-0.05, 0) is 76.0 Å². The van der Waals surface area contributed by atoms with Crippen LogP contribution < -0.4 is 19.6 Å². The summed E-state index contributed by atoms with van der Waals surface area (Å²) in [6, 6.07) is 24.8. The fourth-order valence-electron chi connectivity index (χ4n) is 4.37. The number of thiazole rings is 1. The molecule has 4 aromatic rings. The Kier molecular flexibility index (Phi) is 7.90. The number of aromatic nitrogens is 1. The zero-order chi connectivity index (χ0) is 26.6. The molecule has 0 saturated carbocycles. The number of hydrogen-bond acceptors (Lipinski definition) is 6. The van der Waals surface area contributed by atoms with Gasteiger partial charge >= 0.3 is 5.97 Å². The number of esters is 1. The van der Waals surface area contributed by atoms with Crippen LogP contribution in [0.3, 0.4) is 0 Å². The lowest BCUT2D eigenvalue weighted by atomic mass is 9.95. The van der Waals surface area contributed by atoms with Gasteiger partial charge in [-0.2, -0.15) is 0 Å². The first-order valence-corrected chi connectivity index (χ1v) is 14.0. The molecule has 8 heteroatoms. The molecule has 5 rings (SSSR count). The zero-order valence-electron chi connectivity index (χ0n) is 20.9. The number of allylic oxidation sites excluding steroid dienone is 1. The fraction of sp³-hybridized carbons (Fsp3) is 0.167. The lowest BCUT2D eigenvalue weighted by Crippen LogP contribution is -2.40. The number of rotatable bonds is 7. The molecular weight excluding hydrogens is 611 g/mol. The lowest BCUT2D eigenvalue weighted by Gasteiger charge is -2.25. The van der Waals surface area contributed by atoms with Gasteiger partial charge in [0.1, 0.15) is 12.4 Å². The molecule has 192 valence electrons. The van der Waals surface area contributed by atoms with Crippen molar-refractivity contribution in [1.29, 1.82) is 0 Å². The van der Waals surface area contributed by atoms with Crippen LogP contribution in [0, 0.1) is 3.57 Å². The number of carbonyl (C=O) groups is 1. The van der Waals surface area contributed by atoms with Crippen molar-refractivity contribution >= 4 is 46.0 Å². The zero-order valence-corrected chi connectivity index (χ0v) is 23.9. The maximum atomic E-state index is 13.7. The number of benzene rings is 3. The topological polar surface area (TPSA) is 69.9 Å². The van der Waals surface area contributed by atoms with Crippen molar-refractivity contribution in [2.45, 2.75) is 26.0 Å². The van der Waals surface area contributed by atoms with E-state index < -0.39 is 12.0 Å². The molecule has 1 aliphatic heterocycles. The molecule has 0 radical (unpaired) electrons. The third kappa shape index (κ3) is 5.37. The summed E-state index contributed by atoms with van der Waals surface area (Å²) in [6.45, 7) is 2.43. The van der Waals surface area contributed by atoms with E-state index in [1.54, 1.807) is 4.57 Å². The number of halogens is 1. The Bertz CT molecular complexity index is 1670. The Labute approximate surface area is 237 Å². The van der Waals surface area contributed by atoms with Crippen molar-refractivity contribution in [2.24, 2.45) is 4.99 Å². The van der Waals surface area contributed by atoms with Crippen molar-refractivity contribution in [3.8, 4) is 5.75 Å². The first-order chi connectivity index (χ1) is 18.5. The molecular formula is C30H25IN2O4S. The van der Waals surface area contributed by atoms with Crippen molar-refractivity contribution in [1.82, 2.24) is 4.57 Å². The maximum Gasteiger partial charge on any atom is 0.338 e. The van der Waals surface area contributed by atoms with Crippen LogP contribution in [0.15, 0.2) is 99.9 Å². The van der Waals surface area contributed by atoms with E-state index in [0.717, 1.165) is 22.4 Å². The average molecular weight is 637 g/mol. The quantitative estimate of drug-likeness (QED) is 0.212. The summed E-state index contributed by atoms with van der Waals surface area (Å²) in [7, 11) is 1.35. The molecule has 0 bridgehead atoms. The highest BCUT2D eigenvalue weighted by atomic mass is 127. The maximum absolute atomic E-state index is 13.7. The number of fused-ring (bicyclic) bond motifs is 1. The number of methoxy groups -OCH3 is 1. The Morgan fingerprint density at radius 1 is 1.05 bits per heavy atom. The summed E-state index contributed by atoms with van der Waals surface area (Å²) in [5.74, 6) is 0.274. The first-order valence-electron chi connectivity index (χ1n) is 12.1. The summed E-state index contributed by atoms with van der Waals surface area (Å²) in [5.41, 5.74) is 3.63. The lowest BCUT2D eigenvalue weighted by molar-refractivity contribution is -0.136. The molecule has 6 nitrogen and oxygen atoms in total. The standard InChI is InChI=1S/C30H25IN2O4S/c1-3-24-26(29(35)36-2)27(21-7-5-4-6-8-21)33-28(34)25(38-30(33)32-24)17-19-11-15-23(16-12-19)37-18-20-9-13-22(31)14-10-20/h4-17,27H,3,18H2,1-2H3/b25-17-/t27-/m0/s1. The van der Waals surface area contributed by atoms with Gasteiger partial charge in [-0.25, -0.2) is 9.79 Å². The second-order valence-electron chi connectivity index (χ2n) is 8.68. The van der Waals surface area contributed by atoms with Gasteiger partial charge in [-0.3, -0.25) is 9.36 Å². The number of hydrogen-bond donors (Lipinski definition) is 0. The van der Waals surface area contributed by atoms with E-state index in [1.165, 1.54) is 22.0 Å². The largest absolute Gasteiger partial charge is 0.489 e. The normalized spacial score (nSPS) is 15.1. The predicted molar refractivity (Wildman–Crippen MR) is 157 cm³/mol. The Balaban J connectivity index is 1.50. The van der Waals surface area contributed by atoms with Crippen molar-refractivity contribution < 1.29 is 14.3 Å². The monoisotopic (exact) mass is 636 g/mol. The summed E-state index contributed by atoms with van der Waals surface area (Å²) in [5, 5.41) is 0. The molecule has 0 aliphatic carbocycles. The van der Waals surface area contributed by atoms with Crippen LogP contribution in [0.4, 0.5) is 0 Å². The number of nitrogens with zero attached hydrogens (tertiary/aromatic N) is 2. The van der Waals surface area contributed by atoms with E-state index in [0.29, 0.717) is 33.6 Å². The van der Waals surface area contributed by atoms with E-state index in [-0.39, 0.29) is 5.56 Å². The highest BCUT2D eigenvalue weighted by Crippen LogP contribution is 2.31. The van der Waals surface area contributed by atoms with Gasteiger partial charge in [0.05, 0.1) is 29.0 Å². The molecule has 1 aromatic heterocycles. The molecule has 2 heterocycles. The third-order valence-corrected chi connectivity index (χ3v) is 7.96. The van der Waals surface area contributed by atoms with Gasteiger partial charge in [0.15, 0.2) is 4.80 Å². The molecule has 1 atom stereocenters. The molecule has 0 unspecified atom stereocenters. The second kappa shape index (κ2) is 11.5. The van der Waals surface area contributed by atoms with E-state index in [2.05, 4.69) is 34.7 Å². The molecule has 3 aromatic carbocycles. The summed E-state index contributed by atoms with van der Waals surface area (Å²) < 4.78 is 14.4. The van der Waals surface area contributed by atoms with Crippen LogP contribution in [-0.4, -0.2) is 17.6 Å². The SMILES string of the molecule is CCC1=C(C(=O)OC)[C@H](c2ccccc2)n2c(s/c(=C\c3ccc(OCc4ccc(I)cc4)cc3)c2=O)=N1. The third-order valence-electron chi connectivity index (χ3n) is 6.26. The van der Waals surface area contributed by atoms with E-state index in [9.17, 15) is 9.59 Å². The van der Waals surface area contributed by atoms with Crippen LogP contribution in [-0.2, 0) is 16.1 Å². The highest BCUT2D eigenvalue weighted by Gasteiger charge is 2.33. The minimum Gasteiger partial charge on any atom is -0.489 e. The van der Waals surface area contributed by atoms with Gasteiger partial charge < -0.3 is 9.47 Å². The Hall–Kier alpha value is -3.50. The smallest absolute Gasteiger partial charge is 0.338 e. The Morgan fingerprint density at radius 3 is 2.42 bits per heavy atom. The summed E-state index contributed by atoms with van der Waals surface area (Å²) in [6.07, 6.45) is 2.39. The minimum absolute atomic E-state index is 0.196. The van der Waals surface area contributed by atoms with Crippen LogP contribution in [0.1, 0.15) is 36.1 Å². The molecule has 0 N–H and O–H groups in total. The van der Waals surface area contributed by atoms with Crippen molar-refractivity contribution in [2.75, 3.05) is 7.11 Å². The molecule has 0 fully saturated rings. The molecule has 1 aliphatic rings. The van der Waals surface area contributed by atoms with Crippen LogP contribution >= 0.6 is 33.9 Å². The summed E-state index contributed by atoms with van der Waals surface area (Å²) in [4.78, 5) is 31.8.